The van der Waals surface area contributed by atoms with Crippen LogP contribution in [0.4, 0.5) is 0 Å². The highest BCUT2D eigenvalue weighted by Crippen LogP contribution is 2.31. The van der Waals surface area contributed by atoms with Gasteiger partial charge in [0, 0.05) is 9.75 Å². The molecule has 2 rings (SSSR count). The molecular formula is C18H26S2. The van der Waals surface area contributed by atoms with Crippen LogP contribution in [0, 0.1) is 0 Å². The minimum Gasteiger partial charge on any atom is -0.143 e. The first-order chi connectivity index (χ1) is 9.90. The van der Waals surface area contributed by atoms with Gasteiger partial charge in [-0.2, -0.15) is 0 Å². The van der Waals surface area contributed by atoms with E-state index in [1.807, 2.05) is 22.7 Å². The molecule has 2 aromatic heterocycles. The topological polar surface area (TPSA) is 0 Å². The van der Waals surface area contributed by atoms with Gasteiger partial charge in [-0.25, -0.2) is 0 Å². The number of thiophene rings is 2. The predicted octanol–water partition coefficient (Wildman–Crippen LogP) is 7.16. The lowest BCUT2D eigenvalue weighted by Crippen LogP contribution is -1.84. The van der Waals surface area contributed by atoms with Crippen LogP contribution in [0.2, 0.25) is 0 Å². The zero-order valence-corrected chi connectivity index (χ0v) is 14.2. The van der Waals surface area contributed by atoms with E-state index in [9.17, 15) is 0 Å². The third kappa shape index (κ3) is 5.41. The number of hydrogen-bond acceptors (Lipinski definition) is 2. The first-order valence-corrected chi connectivity index (χ1v) is 9.77. The summed E-state index contributed by atoms with van der Waals surface area (Å²) in [6, 6.07) is 6.74. The predicted molar refractivity (Wildman–Crippen MR) is 93.9 cm³/mol. The fraction of sp³-hybridized carbons (Fsp3) is 0.556. The van der Waals surface area contributed by atoms with E-state index in [2.05, 4.69) is 35.9 Å². The van der Waals surface area contributed by atoms with Gasteiger partial charge in [-0.15, -0.1) is 22.7 Å². The molecule has 0 unspecified atom stereocenters. The molecular weight excluding hydrogens is 280 g/mol. The lowest BCUT2D eigenvalue weighted by molar-refractivity contribution is 0.576. The van der Waals surface area contributed by atoms with Crippen LogP contribution in [-0.2, 0) is 6.42 Å². The maximum Gasteiger partial charge on any atom is 0.0445 e. The molecule has 0 aliphatic rings. The van der Waals surface area contributed by atoms with Crippen LogP contribution in [0.3, 0.4) is 0 Å². The van der Waals surface area contributed by atoms with Crippen LogP contribution in [0.5, 0.6) is 0 Å². The molecule has 0 bridgehead atoms. The summed E-state index contributed by atoms with van der Waals surface area (Å²) in [4.78, 5) is 2.85. The van der Waals surface area contributed by atoms with Gasteiger partial charge in [0.2, 0.25) is 0 Å². The van der Waals surface area contributed by atoms with Crippen molar-refractivity contribution in [1.29, 1.82) is 0 Å². The van der Waals surface area contributed by atoms with Gasteiger partial charge in [0.05, 0.1) is 0 Å². The molecule has 2 aromatic rings. The molecule has 0 spiro atoms. The summed E-state index contributed by atoms with van der Waals surface area (Å²) in [5, 5.41) is 4.50. The molecule has 0 nitrogen and oxygen atoms in total. The molecule has 0 aliphatic heterocycles. The third-order valence-electron chi connectivity index (χ3n) is 3.74. The molecule has 0 saturated carbocycles. The van der Waals surface area contributed by atoms with Crippen LogP contribution < -0.4 is 0 Å². The molecule has 0 atom stereocenters. The average molecular weight is 307 g/mol. The highest BCUT2D eigenvalue weighted by Gasteiger charge is 2.03. The first-order valence-electron chi connectivity index (χ1n) is 8.01. The SMILES string of the molecule is CCCCCCCCCCc1csc(-c2cccs2)c1. The second kappa shape index (κ2) is 9.36. The van der Waals surface area contributed by atoms with Gasteiger partial charge in [-0.1, -0.05) is 57.9 Å². The fourth-order valence-corrected chi connectivity index (χ4v) is 4.31. The van der Waals surface area contributed by atoms with Crippen molar-refractivity contribution in [2.24, 2.45) is 0 Å². The largest absolute Gasteiger partial charge is 0.143 e. The van der Waals surface area contributed by atoms with Gasteiger partial charge in [0.1, 0.15) is 0 Å². The van der Waals surface area contributed by atoms with Crippen molar-refractivity contribution in [3.63, 3.8) is 0 Å². The van der Waals surface area contributed by atoms with Crippen LogP contribution in [0.1, 0.15) is 63.9 Å². The number of unbranched alkanes of at least 4 members (excludes halogenated alkanes) is 7. The Morgan fingerprint density at radius 1 is 0.850 bits per heavy atom. The minimum absolute atomic E-state index is 1.26. The summed E-state index contributed by atoms with van der Waals surface area (Å²) in [7, 11) is 0. The Bertz CT molecular complexity index is 453. The lowest BCUT2D eigenvalue weighted by Gasteiger charge is -2.00. The van der Waals surface area contributed by atoms with E-state index >= 15 is 0 Å². The van der Waals surface area contributed by atoms with Crippen molar-refractivity contribution in [1.82, 2.24) is 0 Å². The second-order valence-corrected chi connectivity index (χ2v) is 7.38. The molecule has 0 fully saturated rings. The first kappa shape index (κ1) is 15.8. The summed E-state index contributed by atoms with van der Waals surface area (Å²) in [5.41, 5.74) is 1.53. The second-order valence-electron chi connectivity index (χ2n) is 5.52. The van der Waals surface area contributed by atoms with E-state index in [0.717, 1.165) is 0 Å². The van der Waals surface area contributed by atoms with Gasteiger partial charge in [-0.05, 0) is 41.3 Å². The molecule has 110 valence electrons. The Morgan fingerprint density at radius 3 is 2.30 bits per heavy atom. The molecule has 0 radical (unpaired) electrons. The minimum atomic E-state index is 1.26. The van der Waals surface area contributed by atoms with Crippen molar-refractivity contribution >= 4 is 22.7 Å². The standard InChI is InChI=1S/C18H26S2/c1-2-3-4-5-6-7-8-9-11-16-14-18(20-15-16)17-12-10-13-19-17/h10,12-15H,2-9,11H2,1H3. The summed E-state index contributed by atoms with van der Waals surface area (Å²) in [6.45, 7) is 2.28. The molecule has 0 saturated heterocycles. The van der Waals surface area contributed by atoms with Crippen LogP contribution >= 0.6 is 22.7 Å². The summed E-state index contributed by atoms with van der Waals surface area (Å²) in [6.07, 6.45) is 12.5. The number of rotatable bonds is 10. The molecule has 2 heteroatoms. The van der Waals surface area contributed by atoms with E-state index in [1.54, 1.807) is 0 Å². The molecule has 2 heterocycles. The van der Waals surface area contributed by atoms with Gasteiger partial charge >= 0.3 is 0 Å². The van der Waals surface area contributed by atoms with Crippen molar-refractivity contribution in [2.45, 2.75) is 64.7 Å². The Labute approximate surface area is 131 Å². The number of aryl methyl sites for hydroxylation is 1. The van der Waals surface area contributed by atoms with E-state index in [-0.39, 0.29) is 0 Å². The van der Waals surface area contributed by atoms with Crippen molar-refractivity contribution < 1.29 is 0 Å². The normalized spacial score (nSPS) is 11.1. The molecule has 0 amide bonds. The molecule has 0 N–H and O–H groups in total. The summed E-state index contributed by atoms with van der Waals surface area (Å²) >= 11 is 3.74. The maximum atomic E-state index is 2.39. The maximum absolute atomic E-state index is 2.39. The number of hydrogen-bond donors (Lipinski definition) is 0. The average Bonchev–Trinajstić information content (AvgIpc) is 3.12. The van der Waals surface area contributed by atoms with Crippen LogP contribution in [0.25, 0.3) is 9.75 Å². The fourth-order valence-electron chi connectivity index (χ4n) is 2.52. The van der Waals surface area contributed by atoms with Gasteiger partial charge < -0.3 is 0 Å². The Kier molecular flexibility index (Phi) is 7.38. The quantitative estimate of drug-likeness (QED) is 0.408. The smallest absolute Gasteiger partial charge is 0.0445 e. The lowest BCUT2D eigenvalue weighted by atomic mass is 10.1. The van der Waals surface area contributed by atoms with Crippen molar-refractivity contribution in [2.75, 3.05) is 0 Å². The van der Waals surface area contributed by atoms with E-state index in [1.165, 1.54) is 73.1 Å². The zero-order valence-electron chi connectivity index (χ0n) is 12.6. The van der Waals surface area contributed by atoms with Gasteiger partial charge in [0.15, 0.2) is 0 Å². The molecule has 0 aliphatic carbocycles. The Balaban J connectivity index is 1.58. The summed E-state index contributed by atoms with van der Waals surface area (Å²) in [5.74, 6) is 0. The zero-order chi connectivity index (χ0) is 14.0. The highest BCUT2D eigenvalue weighted by molar-refractivity contribution is 7.20. The van der Waals surface area contributed by atoms with E-state index in [4.69, 9.17) is 0 Å². The Morgan fingerprint density at radius 2 is 1.60 bits per heavy atom. The van der Waals surface area contributed by atoms with Crippen molar-refractivity contribution in [3.8, 4) is 9.75 Å². The van der Waals surface area contributed by atoms with Gasteiger partial charge in [-0.3, -0.25) is 0 Å². The molecule has 20 heavy (non-hydrogen) atoms. The third-order valence-corrected chi connectivity index (χ3v) is 5.78. The van der Waals surface area contributed by atoms with Crippen molar-refractivity contribution in [3.05, 3.63) is 34.5 Å². The monoisotopic (exact) mass is 306 g/mol. The van der Waals surface area contributed by atoms with E-state index in [0.29, 0.717) is 0 Å². The highest BCUT2D eigenvalue weighted by atomic mass is 32.1. The molecule has 0 aromatic carbocycles. The van der Waals surface area contributed by atoms with Crippen LogP contribution in [0.15, 0.2) is 29.0 Å². The Hall–Kier alpha value is -0.600. The summed E-state index contributed by atoms with van der Waals surface area (Å²) < 4.78 is 0. The van der Waals surface area contributed by atoms with Crippen LogP contribution in [-0.4, -0.2) is 0 Å². The van der Waals surface area contributed by atoms with E-state index < -0.39 is 0 Å². The van der Waals surface area contributed by atoms with Gasteiger partial charge in [0.25, 0.3) is 0 Å².